The zero-order chi connectivity index (χ0) is 32.0. The standard InChI is InChI=1S/C38H46Br2O5/c1-2-3-4-5-6-7-8-9-10-11-12-13-14-15-16-19-26-44-38(43)28-21-18-17-20-27(28)33-29-22-24-31(41)34(39)36(29)45-37-30(33)23-25-32(42)35(37)40/h17-18,20-25,41H,2-16,19,26H2,1H3. The largest absolute Gasteiger partial charge is 0.507 e. The molecular weight excluding hydrogens is 696 g/mol. The van der Waals surface area contributed by atoms with E-state index in [0.717, 1.165) is 24.8 Å². The van der Waals surface area contributed by atoms with Crippen LogP contribution in [0.5, 0.6) is 5.75 Å². The minimum absolute atomic E-state index is 0.0115. The SMILES string of the molecule is CCCCCCCCCCCCCCCCCCOC(=O)c1ccccc1-c1c2ccc(=O)c(Br)c-2oc2c(Br)c(O)ccc12. The van der Waals surface area contributed by atoms with Crippen LogP contribution in [0.1, 0.15) is 120 Å². The molecule has 0 fully saturated rings. The van der Waals surface area contributed by atoms with Crippen LogP contribution in [0.3, 0.4) is 0 Å². The third-order valence-corrected chi connectivity index (χ3v) is 10.0. The van der Waals surface area contributed by atoms with Gasteiger partial charge in [0.05, 0.1) is 12.2 Å². The van der Waals surface area contributed by atoms with Gasteiger partial charge >= 0.3 is 5.97 Å². The van der Waals surface area contributed by atoms with Crippen LogP contribution in [0.15, 0.2) is 66.7 Å². The van der Waals surface area contributed by atoms with Gasteiger partial charge in [0, 0.05) is 16.5 Å². The van der Waals surface area contributed by atoms with Gasteiger partial charge in [0.15, 0.2) is 16.8 Å². The molecule has 0 atom stereocenters. The smallest absolute Gasteiger partial charge is 0.338 e. The Bertz CT molecular complexity index is 1560. The third-order valence-electron chi connectivity index (χ3n) is 8.53. The summed E-state index contributed by atoms with van der Waals surface area (Å²) in [5.41, 5.74) is 2.66. The number of benzene rings is 3. The molecule has 0 bridgehead atoms. The van der Waals surface area contributed by atoms with Crippen molar-refractivity contribution in [1.82, 2.24) is 0 Å². The summed E-state index contributed by atoms with van der Waals surface area (Å²) in [6.07, 6.45) is 20.7. The first-order chi connectivity index (χ1) is 21.9. The maximum atomic E-state index is 13.4. The molecule has 4 rings (SSSR count). The van der Waals surface area contributed by atoms with E-state index in [1.54, 1.807) is 24.3 Å². The van der Waals surface area contributed by atoms with E-state index in [4.69, 9.17) is 9.15 Å². The van der Waals surface area contributed by atoms with Crippen LogP contribution in [-0.4, -0.2) is 17.7 Å². The Kier molecular flexibility index (Phi) is 14.5. The first-order valence-electron chi connectivity index (χ1n) is 16.8. The summed E-state index contributed by atoms with van der Waals surface area (Å²) in [5.74, 6) is -0.0314. The quantitative estimate of drug-likeness (QED) is 0.0588. The molecule has 7 heteroatoms. The maximum absolute atomic E-state index is 13.4. The van der Waals surface area contributed by atoms with E-state index in [0.29, 0.717) is 44.5 Å². The fraction of sp³-hybridized carbons (Fsp3) is 0.474. The lowest BCUT2D eigenvalue weighted by Gasteiger charge is -2.19. The molecule has 1 aliphatic heterocycles. The molecule has 2 aliphatic rings. The minimum Gasteiger partial charge on any atom is -0.507 e. The summed E-state index contributed by atoms with van der Waals surface area (Å²) in [5, 5.41) is 11.0. The summed E-state index contributed by atoms with van der Waals surface area (Å²) in [6, 6.07) is 13.8. The molecule has 1 N–H and O–H groups in total. The third kappa shape index (κ3) is 9.68. The van der Waals surface area contributed by atoms with E-state index in [1.165, 1.54) is 89.5 Å². The number of rotatable bonds is 19. The van der Waals surface area contributed by atoms with Crippen molar-refractivity contribution in [3.8, 4) is 28.2 Å². The zero-order valence-electron chi connectivity index (χ0n) is 26.5. The Labute approximate surface area is 284 Å². The minimum atomic E-state index is -0.383. The second kappa shape index (κ2) is 18.5. The van der Waals surface area contributed by atoms with Crippen molar-refractivity contribution in [2.45, 2.75) is 110 Å². The predicted molar refractivity (Wildman–Crippen MR) is 191 cm³/mol. The Morgan fingerprint density at radius 1 is 0.711 bits per heavy atom. The van der Waals surface area contributed by atoms with E-state index < -0.39 is 0 Å². The van der Waals surface area contributed by atoms with E-state index >= 15 is 0 Å². The number of halogens is 2. The summed E-state index contributed by atoms with van der Waals surface area (Å²) >= 11 is 6.81. The highest BCUT2D eigenvalue weighted by Gasteiger charge is 2.25. The van der Waals surface area contributed by atoms with Crippen LogP contribution in [0, 0.1) is 0 Å². The summed E-state index contributed by atoms with van der Waals surface area (Å²) in [7, 11) is 0. The van der Waals surface area contributed by atoms with Crippen LogP contribution in [-0.2, 0) is 4.74 Å². The summed E-state index contributed by atoms with van der Waals surface area (Å²) < 4.78 is 12.5. The van der Waals surface area contributed by atoms with Gasteiger partial charge < -0.3 is 14.3 Å². The molecular formula is C38H46Br2O5. The van der Waals surface area contributed by atoms with Crippen molar-refractivity contribution in [2.75, 3.05) is 6.61 Å². The maximum Gasteiger partial charge on any atom is 0.338 e. The Morgan fingerprint density at radius 3 is 1.91 bits per heavy atom. The van der Waals surface area contributed by atoms with Crippen LogP contribution in [0.2, 0.25) is 0 Å². The highest BCUT2D eigenvalue weighted by molar-refractivity contribution is 9.11. The molecule has 5 nitrogen and oxygen atoms in total. The second-order valence-corrected chi connectivity index (χ2v) is 13.6. The monoisotopic (exact) mass is 740 g/mol. The molecule has 2 aromatic rings. The first-order valence-corrected chi connectivity index (χ1v) is 18.4. The Hall–Kier alpha value is -2.64. The van der Waals surface area contributed by atoms with E-state index in [1.807, 2.05) is 18.2 Å². The fourth-order valence-electron chi connectivity index (χ4n) is 5.99. The number of aromatic hydroxyl groups is 1. The van der Waals surface area contributed by atoms with Gasteiger partial charge in [-0.15, -0.1) is 0 Å². The highest BCUT2D eigenvalue weighted by Crippen LogP contribution is 2.46. The Morgan fingerprint density at radius 2 is 1.29 bits per heavy atom. The normalized spacial score (nSPS) is 11.4. The van der Waals surface area contributed by atoms with Crippen molar-refractivity contribution in [2.24, 2.45) is 0 Å². The number of hydrogen-bond acceptors (Lipinski definition) is 5. The summed E-state index contributed by atoms with van der Waals surface area (Å²) in [4.78, 5) is 25.8. The number of fused-ring (bicyclic) bond motifs is 2. The number of unbranched alkanes of at least 4 members (excludes halogenated alkanes) is 15. The van der Waals surface area contributed by atoms with Crippen LogP contribution >= 0.6 is 31.9 Å². The molecule has 0 spiro atoms. The lowest BCUT2D eigenvalue weighted by atomic mass is 9.91. The molecule has 45 heavy (non-hydrogen) atoms. The van der Waals surface area contributed by atoms with Gasteiger partial charge in [-0.1, -0.05) is 121 Å². The lowest BCUT2D eigenvalue weighted by Crippen LogP contribution is -2.09. The fourth-order valence-corrected chi connectivity index (χ4v) is 6.84. The molecule has 0 amide bonds. The molecule has 0 unspecified atom stereocenters. The predicted octanol–water partition coefficient (Wildman–Crippen LogP) is 12.2. The van der Waals surface area contributed by atoms with Gasteiger partial charge in [-0.25, -0.2) is 4.79 Å². The number of hydrogen-bond donors (Lipinski definition) is 1. The average molecular weight is 743 g/mol. The van der Waals surface area contributed by atoms with Crippen molar-refractivity contribution >= 4 is 48.8 Å². The molecule has 242 valence electrons. The number of carbonyl (C=O) groups excluding carboxylic acids is 1. The summed E-state index contributed by atoms with van der Waals surface area (Å²) in [6.45, 7) is 2.65. The van der Waals surface area contributed by atoms with E-state index in [9.17, 15) is 14.7 Å². The highest BCUT2D eigenvalue weighted by atomic mass is 79.9. The molecule has 1 aliphatic carbocycles. The van der Waals surface area contributed by atoms with Gasteiger partial charge in [0.25, 0.3) is 0 Å². The van der Waals surface area contributed by atoms with E-state index in [2.05, 4.69) is 38.8 Å². The molecule has 0 saturated heterocycles. The molecule has 0 saturated carbocycles. The average Bonchev–Trinajstić information content (AvgIpc) is 3.05. The van der Waals surface area contributed by atoms with Gasteiger partial charge in [0.1, 0.15) is 14.7 Å². The topological polar surface area (TPSA) is 76.7 Å². The van der Waals surface area contributed by atoms with Crippen LogP contribution in [0.25, 0.3) is 33.4 Å². The van der Waals surface area contributed by atoms with Crippen molar-refractivity contribution < 1.29 is 19.1 Å². The number of ether oxygens (including phenoxy) is 1. The number of esters is 1. The molecule has 2 aromatic carbocycles. The van der Waals surface area contributed by atoms with Gasteiger partial charge in [-0.3, -0.25) is 4.79 Å². The van der Waals surface area contributed by atoms with Crippen LogP contribution < -0.4 is 5.43 Å². The van der Waals surface area contributed by atoms with Gasteiger partial charge in [-0.05, 0) is 74.2 Å². The second-order valence-electron chi connectivity index (χ2n) is 12.0. The molecule has 0 radical (unpaired) electrons. The number of phenolic OH excluding ortho intramolecular Hbond substituents is 1. The first kappa shape index (κ1) is 35.2. The number of carbonyl (C=O) groups is 1. The van der Waals surface area contributed by atoms with E-state index in [-0.39, 0.29) is 21.6 Å². The zero-order valence-corrected chi connectivity index (χ0v) is 29.6. The molecule has 0 aromatic heterocycles. The Balaban J connectivity index is 1.27. The van der Waals surface area contributed by atoms with Crippen molar-refractivity contribution in [1.29, 1.82) is 0 Å². The van der Waals surface area contributed by atoms with Crippen molar-refractivity contribution in [3.63, 3.8) is 0 Å². The van der Waals surface area contributed by atoms with Gasteiger partial charge in [0.2, 0.25) is 0 Å². The van der Waals surface area contributed by atoms with Gasteiger partial charge in [-0.2, -0.15) is 0 Å². The van der Waals surface area contributed by atoms with Crippen molar-refractivity contribution in [3.05, 3.63) is 73.3 Å². The number of phenols is 1. The molecule has 1 heterocycles. The lowest BCUT2D eigenvalue weighted by molar-refractivity contribution is 0.0498. The van der Waals surface area contributed by atoms with Crippen LogP contribution in [0.4, 0.5) is 0 Å².